The molecule has 5 nitrogen and oxygen atoms in total. The quantitative estimate of drug-likeness (QED) is 0.787. The minimum Gasteiger partial charge on any atom is -0.381 e. The molecule has 0 aromatic heterocycles. The predicted octanol–water partition coefficient (Wildman–Crippen LogP) is 0.886. The van der Waals surface area contributed by atoms with Gasteiger partial charge in [-0.2, -0.15) is 0 Å². The summed E-state index contributed by atoms with van der Waals surface area (Å²) in [7, 11) is 1.91. The van der Waals surface area contributed by atoms with E-state index in [2.05, 4.69) is 12.2 Å². The fraction of sp³-hybridized carbons (Fsp3) is 0.933. The van der Waals surface area contributed by atoms with Crippen molar-refractivity contribution in [2.24, 2.45) is 11.8 Å². The third-order valence-corrected chi connectivity index (χ3v) is 4.22. The summed E-state index contributed by atoms with van der Waals surface area (Å²) in [6.07, 6.45) is 3.35. The zero-order valence-electron chi connectivity index (χ0n) is 12.8. The van der Waals surface area contributed by atoms with Gasteiger partial charge in [0.1, 0.15) is 0 Å². The molecule has 0 aromatic rings. The van der Waals surface area contributed by atoms with E-state index in [9.17, 15) is 4.79 Å². The van der Waals surface area contributed by atoms with Crippen LogP contribution in [0.4, 0.5) is 0 Å². The third-order valence-electron chi connectivity index (χ3n) is 4.22. The van der Waals surface area contributed by atoms with Crippen LogP contribution in [0.2, 0.25) is 0 Å². The molecule has 2 aliphatic heterocycles. The van der Waals surface area contributed by atoms with Crippen LogP contribution in [-0.4, -0.2) is 63.4 Å². The molecule has 2 heterocycles. The van der Waals surface area contributed by atoms with Crippen LogP contribution in [0.1, 0.15) is 26.2 Å². The number of ether oxygens (including phenoxy) is 2. The van der Waals surface area contributed by atoms with Gasteiger partial charge in [0.25, 0.3) is 0 Å². The van der Waals surface area contributed by atoms with Crippen molar-refractivity contribution in [2.75, 3.05) is 46.6 Å². The second-order valence-electron chi connectivity index (χ2n) is 6.01. The van der Waals surface area contributed by atoms with Crippen LogP contribution in [0.15, 0.2) is 0 Å². The predicted molar refractivity (Wildman–Crippen MR) is 77.6 cm³/mol. The molecule has 3 atom stereocenters. The molecule has 2 saturated heterocycles. The topological polar surface area (TPSA) is 50.8 Å². The third kappa shape index (κ3) is 4.17. The Morgan fingerprint density at radius 3 is 2.85 bits per heavy atom. The van der Waals surface area contributed by atoms with Crippen LogP contribution in [0, 0.1) is 11.8 Å². The maximum Gasteiger partial charge on any atom is 0.229 e. The fourth-order valence-corrected chi connectivity index (χ4v) is 3.04. The summed E-state index contributed by atoms with van der Waals surface area (Å²) in [5.74, 6) is 0.666. The molecule has 1 amide bonds. The van der Waals surface area contributed by atoms with Crippen LogP contribution in [-0.2, 0) is 14.3 Å². The first-order valence-corrected chi connectivity index (χ1v) is 7.86. The zero-order valence-corrected chi connectivity index (χ0v) is 12.8. The normalized spacial score (nSPS) is 30.4. The van der Waals surface area contributed by atoms with E-state index in [1.54, 1.807) is 0 Å². The molecule has 1 N–H and O–H groups in total. The lowest BCUT2D eigenvalue weighted by Gasteiger charge is -2.29. The first-order chi connectivity index (χ1) is 9.72. The number of amides is 1. The van der Waals surface area contributed by atoms with E-state index in [0.717, 1.165) is 45.6 Å². The molecule has 3 unspecified atom stereocenters. The molecule has 0 spiro atoms. The minimum absolute atomic E-state index is 0.0314. The zero-order chi connectivity index (χ0) is 14.4. The lowest BCUT2D eigenvalue weighted by Crippen LogP contribution is -2.46. The van der Waals surface area contributed by atoms with E-state index < -0.39 is 0 Å². The minimum atomic E-state index is -0.0314. The second-order valence-corrected chi connectivity index (χ2v) is 6.01. The van der Waals surface area contributed by atoms with Crippen molar-refractivity contribution in [2.45, 2.75) is 32.2 Å². The van der Waals surface area contributed by atoms with E-state index in [-0.39, 0.29) is 17.9 Å². The first-order valence-electron chi connectivity index (χ1n) is 7.86. The smallest absolute Gasteiger partial charge is 0.229 e. The van der Waals surface area contributed by atoms with E-state index in [1.807, 2.05) is 11.9 Å². The highest BCUT2D eigenvalue weighted by Gasteiger charge is 2.35. The molecule has 2 fully saturated rings. The molecule has 5 heteroatoms. The van der Waals surface area contributed by atoms with Gasteiger partial charge in [0.15, 0.2) is 0 Å². The van der Waals surface area contributed by atoms with Gasteiger partial charge in [-0.1, -0.05) is 6.92 Å². The summed E-state index contributed by atoms with van der Waals surface area (Å²) < 4.78 is 11.0. The Labute approximate surface area is 122 Å². The SMILES string of the molecule is CCCNC1COCC1C(=O)N(C)CC1CCCOC1. The Kier molecular flexibility index (Phi) is 6.26. The average Bonchev–Trinajstić information content (AvgIpc) is 2.93. The van der Waals surface area contributed by atoms with Crippen LogP contribution in [0.3, 0.4) is 0 Å². The van der Waals surface area contributed by atoms with Crippen molar-refractivity contribution in [1.82, 2.24) is 10.2 Å². The summed E-state index contributed by atoms with van der Waals surface area (Å²) in [6, 6.07) is 0.174. The van der Waals surface area contributed by atoms with E-state index in [1.165, 1.54) is 0 Å². The Hall–Kier alpha value is -0.650. The molecule has 0 saturated carbocycles. The van der Waals surface area contributed by atoms with E-state index in [4.69, 9.17) is 9.47 Å². The fourth-order valence-electron chi connectivity index (χ4n) is 3.04. The van der Waals surface area contributed by atoms with Crippen LogP contribution < -0.4 is 5.32 Å². The summed E-state index contributed by atoms with van der Waals surface area (Å²) >= 11 is 0. The van der Waals surface area contributed by atoms with Crippen LogP contribution >= 0.6 is 0 Å². The molecule has 2 aliphatic rings. The maximum absolute atomic E-state index is 12.6. The Balaban J connectivity index is 1.81. The highest BCUT2D eigenvalue weighted by Crippen LogP contribution is 2.19. The van der Waals surface area contributed by atoms with Gasteiger partial charge < -0.3 is 19.7 Å². The number of rotatable bonds is 6. The molecule has 2 rings (SSSR count). The van der Waals surface area contributed by atoms with Crippen LogP contribution in [0.25, 0.3) is 0 Å². The van der Waals surface area contributed by atoms with E-state index in [0.29, 0.717) is 19.1 Å². The van der Waals surface area contributed by atoms with Crippen molar-refractivity contribution in [3.8, 4) is 0 Å². The maximum atomic E-state index is 12.6. The van der Waals surface area contributed by atoms with Gasteiger partial charge in [-0.25, -0.2) is 0 Å². The molecule has 0 bridgehead atoms. The number of nitrogens with zero attached hydrogens (tertiary/aromatic N) is 1. The monoisotopic (exact) mass is 284 g/mol. The van der Waals surface area contributed by atoms with Crippen molar-refractivity contribution in [1.29, 1.82) is 0 Å². The first kappa shape index (κ1) is 15.7. The number of nitrogens with one attached hydrogen (secondary N) is 1. The van der Waals surface area contributed by atoms with Crippen molar-refractivity contribution in [3.63, 3.8) is 0 Å². The molecule has 20 heavy (non-hydrogen) atoms. The van der Waals surface area contributed by atoms with Gasteiger partial charge in [0, 0.05) is 26.2 Å². The second kappa shape index (κ2) is 7.96. The highest BCUT2D eigenvalue weighted by atomic mass is 16.5. The van der Waals surface area contributed by atoms with Gasteiger partial charge in [-0.15, -0.1) is 0 Å². The molecule has 0 radical (unpaired) electrons. The van der Waals surface area contributed by atoms with Crippen molar-refractivity contribution < 1.29 is 14.3 Å². The van der Waals surface area contributed by atoms with Crippen molar-refractivity contribution in [3.05, 3.63) is 0 Å². The Morgan fingerprint density at radius 2 is 2.15 bits per heavy atom. The molecule has 116 valence electrons. The lowest BCUT2D eigenvalue weighted by molar-refractivity contribution is -0.135. The summed E-state index contributed by atoms with van der Waals surface area (Å²) in [5, 5.41) is 3.42. The van der Waals surface area contributed by atoms with Gasteiger partial charge in [-0.3, -0.25) is 4.79 Å². The summed E-state index contributed by atoms with van der Waals surface area (Å²) in [4.78, 5) is 14.4. The number of carbonyl (C=O) groups excluding carboxylic acids is 1. The van der Waals surface area contributed by atoms with Gasteiger partial charge in [0.05, 0.1) is 25.7 Å². The number of carbonyl (C=O) groups is 1. The Morgan fingerprint density at radius 1 is 1.30 bits per heavy atom. The van der Waals surface area contributed by atoms with Crippen LogP contribution in [0.5, 0.6) is 0 Å². The van der Waals surface area contributed by atoms with E-state index >= 15 is 0 Å². The van der Waals surface area contributed by atoms with Gasteiger partial charge in [0.2, 0.25) is 5.91 Å². The summed E-state index contributed by atoms with van der Waals surface area (Å²) in [5.41, 5.74) is 0. The largest absolute Gasteiger partial charge is 0.381 e. The van der Waals surface area contributed by atoms with Crippen molar-refractivity contribution >= 4 is 5.91 Å². The van der Waals surface area contributed by atoms with Gasteiger partial charge >= 0.3 is 0 Å². The molecular weight excluding hydrogens is 256 g/mol. The number of hydrogen-bond donors (Lipinski definition) is 1. The molecule has 0 aliphatic carbocycles. The summed E-state index contributed by atoms with van der Waals surface area (Å²) in [6.45, 7) is 6.73. The highest BCUT2D eigenvalue weighted by molar-refractivity contribution is 5.79. The Bertz CT molecular complexity index is 305. The average molecular weight is 284 g/mol. The lowest BCUT2D eigenvalue weighted by atomic mass is 9.99. The molecular formula is C15H28N2O3. The van der Waals surface area contributed by atoms with Gasteiger partial charge in [-0.05, 0) is 31.7 Å². The standard InChI is InChI=1S/C15H28N2O3/c1-3-6-16-14-11-20-10-13(14)15(18)17(2)8-12-5-4-7-19-9-12/h12-14,16H,3-11H2,1-2H3. The number of hydrogen-bond acceptors (Lipinski definition) is 4. The molecule has 0 aromatic carbocycles.